The van der Waals surface area contributed by atoms with Gasteiger partial charge in [-0.2, -0.15) is 38.0 Å². The number of benzene rings is 1. The fourth-order valence-corrected chi connectivity index (χ4v) is 0.478. The Hall–Kier alpha value is 0.106. The Morgan fingerprint density at radius 1 is 1.21 bits per heavy atom. The van der Waals surface area contributed by atoms with E-state index < -0.39 is 0 Å². The first-order chi connectivity index (χ1) is 5.31. The van der Waals surface area contributed by atoms with Gasteiger partial charge < -0.3 is 12.6 Å². The van der Waals surface area contributed by atoms with Crippen LogP contribution < -0.4 is 6.15 Å². The van der Waals surface area contributed by atoms with Crippen molar-refractivity contribution in [1.29, 1.82) is 0 Å². The van der Waals surface area contributed by atoms with E-state index in [-0.39, 0.29) is 41.6 Å². The van der Waals surface area contributed by atoms with Gasteiger partial charge in [0.25, 0.3) is 0 Å². The standard InChI is InChI=1S/C7H7.C4H9.ClH.Mg.H3N/c1-7-5-3-2-4-6-7;1-3-4-2;;;/h2-6H,1H2;3H,4H2,1-2H3;1H;;1H3/q2*-1;;+2;. The van der Waals surface area contributed by atoms with Gasteiger partial charge in [-0.3, -0.25) is 0 Å². The van der Waals surface area contributed by atoms with Crippen molar-refractivity contribution >= 4 is 35.5 Å². The number of hydrogen-bond acceptors (Lipinski definition) is 1. The molecule has 78 valence electrons. The maximum absolute atomic E-state index is 3.72. The molecule has 0 amide bonds. The zero-order valence-electron chi connectivity index (χ0n) is 9.20. The van der Waals surface area contributed by atoms with Crippen LogP contribution in [0.4, 0.5) is 0 Å². The van der Waals surface area contributed by atoms with E-state index >= 15 is 0 Å². The molecule has 1 aromatic carbocycles. The topological polar surface area (TPSA) is 35.0 Å². The molecule has 0 aliphatic rings. The molecule has 0 heterocycles. The first-order valence-electron chi connectivity index (χ1n) is 3.96. The zero-order valence-corrected chi connectivity index (χ0v) is 11.4. The third kappa shape index (κ3) is 18.0. The first kappa shape index (κ1) is 23.7. The first-order valence-corrected chi connectivity index (χ1v) is 3.96. The molecule has 3 heteroatoms. The largest absolute Gasteiger partial charge is 2.00 e. The maximum atomic E-state index is 3.72. The van der Waals surface area contributed by atoms with Crippen LogP contribution in [0.25, 0.3) is 0 Å². The van der Waals surface area contributed by atoms with Gasteiger partial charge >= 0.3 is 23.1 Å². The van der Waals surface area contributed by atoms with Gasteiger partial charge in [0, 0.05) is 0 Å². The van der Waals surface area contributed by atoms with E-state index in [1.165, 1.54) is 6.42 Å². The van der Waals surface area contributed by atoms with Crippen LogP contribution in [-0.4, -0.2) is 23.1 Å². The number of halogens is 1. The van der Waals surface area contributed by atoms with Gasteiger partial charge in [-0.05, 0) is 0 Å². The summed E-state index contributed by atoms with van der Waals surface area (Å²) in [6.45, 7) is 7.90. The number of rotatable bonds is 1. The molecule has 0 atom stereocenters. The van der Waals surface area contributed by atoms with Crippen LogP contribution in [0.5, 0.6) is 0 Å². The van der Waals surface area contributed by atoms with Crippen LogP contribution >= 0.6 is 12.4 Å². The molecule has 0 aromatic heterocycles. The molecule has 1 nitrogen and oxygen atoms in total. The molecule has 0 bridgehead atoms. The van der Waals surface area contributed by atoms with E-state index in [0.29, 0.717) is 0 Å². The molecule has 1 aromatic rings. The van der Waals surface area contributed by atoms with Crippen molar-refractivity contribution in [3.05, 3.63) is 49.2 Å². The summed E-state index contributed by atoms with van der Waals surface area (Å²) in [6, 6.07) is 9.87. The smallest absolute Gasteiger partial charge is 0.344 e. The summed E-state index contributed by atoms with van der Waals surface area (Å²) in [6.07, 6.45) is 3.32. The Bertz CT molecular complexity index is 166. The van der Waals surface area contributed by atoms with E-state index in [2.05, 4.69) is 27.2 Å². The van der Waals surface area contributed by atoms with Crippen molar-refractivity contribution in [3.8, 4) is 0 Å². The normalized spacial score (nSPS) is 6.43. The Morgan fingerprint density at radius 3 is 1.71 bits per heavy atom. The summed E-state index contributed by atoms with van der Waals surface area (Å²) in [4.78, 5) is 0. The van der Waals surface area contributed by atoms with E-state index in [1.54, 1.807) is 0 Å². The molecule has 3 N–H and O–H groups in total. The number of unbranched alkanes of at least 4 members (excludes halogenated alkanes) is 1. The van der Waals surface area contributed by atoms with Gasteiger partial charge in [-0.1, -0.05) is 13.0 Å². The van der Waals surface area contributed by atoms with E-state index in [1.807, 2.05) is 30.3 Å². The Balaban J connectivity index is -0.0000000650. The Labute approximate surface area is 111 Å². The molecule has 0 unspecified atom stereocenters. The molecule has 0 aliphatic heterocycles. The van der Waals surface area contributed by atoms with Crippen molar-refractivity contribution < 1.29 is 0 Å². The summed E-state index contributed by atoms with van der Waals surface area (Å²) in [5.41, 5.74) is 1.07. The van der Waals surface area contributed by atoms with Gasteiger partial charge in [0.05, 0.1) is 0 Å². The van der Waals surface area contributed by atoms with Crippen molar-refractivity contribution in [1.82, 2.24) is 6.15 Å². The van der Waals surface area contributed by atoms with Crippen LogP contribution in [0.15, 0.2) is 30.3 Å². The third-order valence-electron chi connectivity index (χ3n) is 1.25. The van der Waals surface area contributed by atoms with Crippen LogP contribution in [0.2, 0.25) is 0 Å². The van der Waals surface area contributed by atoms with Gasteiger partial charge in [-0.25, -0.2) is 0 Å². The summed E-state index contributed by atoms with van der Waals surface area (Å²) in [7, 11) is 0. The van der Waals surface area contributed by atoms with Gasteiger partial charge in [0.1, 0.15) is 0 Å². The van der Waals surface area contributed by atoms with E-state index in [4.69, 9.17) is 0 Å². The van der Waals surface area contributed by atoms with Gasteiger partial charge in [-0.15, -0.1) is 24.5 Å². The molecule has 0 radical (unpaired) electrons. The van der Waals surface area contributed by atoms with Crippen molar-refractivity contribution in [2.24, 2.45) is 0 Å². The van der Waals surface area contributed by atoms with Crippen LogP contribution in [-0.2, 0) is 0 Å². The van der Waals surface area contributed by atoms with Crippen LogP contribution in [0.1, 0.15) is 25.8 Å². The molecule has 14 heavy (non-hydrogen) atoms. The summed E-state index contributed by atoms with van der Waals surface area (Å²) >= 11 is 0. The molecule has 0 saturated carbocycles. The molecule has 0 saturated heterocycles. The van der Waals surface area contributed by atoms with Crippen LogP contribution in [0.3, 0.4) is 0 Å². The Morgan fingerprint density at radius 2 is 1.57 bits per heavy atom. The monoisotopic (exact) mass is 225 g/mol. The van der Waals surface area contributed by atoms with Crippen LogP contribution in [0, 0.1) is 13.3 Å². The predicted molar refractivity (Wildman–Crippen MR) is 69.2 cm³/mol. The molecule has 0 spiro atoms. The molecule has 0 fully saturated rings. The minimum absolute atomic E-state index is 0. The molecule has 1 rings (SSSR count). The van der Waals surface area contributed by atoms with Gasteiger partial charge in [0.15, 0.2) is 0 Å². The molecular weight excluding hydrogens is 206 g/mol. The summed E-state index contributed by atoms with van der Waals surface area (Å²) in [5, 5.41) is 0. The van der Waals surface area contributed by atoms with Gasteiger partial charge in [0.2, 0.25) is 0 Å². The second-order valence-electron chi connectivity index (χ2n) is 2.30. The Kier molecular flexibility index (Phi) is 31.9. The molecular formula is C11H20ClMgN. The maximum Gasteiger partial charge on any atom is 2.00 e. The molecule has 0 aliphatic carbocycles. The number of hydrogen-bond donors (Lipinski definition) is 1. The minimum Gasteiger partial charge on any atom is -0.344 e. The van der Waals surface area contributed by atoms with Crippen molar-refractivity contribution in [2.45, 2.75) is 20.3 Å². The second kappa shape index (κ2) is 18.8. The predicted octanol–water partition coefficient (Wildman–Crippen LogP) is 3.69. The van der Waals surface area contributed by atoms with Crippen molar-refractivity contribution in [3.63, 3.8) is 0 Å². The SMILES string of the molecule is C[CH-]CC.Cl.N.[CH2-]c1ccccc1.[Mg+2]. The zero-order chi connectivity index (χ0) is 8.53. The second-order valence-corrected chi connectivity index (χ2v) is 2.30. The fraction of sp³-hybridized carbons (Fsp3) is 0.273. The summed E-state index contributed by atoms with van der Waals surface area (Å²) < 4.78 is 0. The average molecular weight is 226 g/mol. The summed E-state index contributed by atoms with van der Waals surface area (Å²) in [5.74, 6) is 0. The third-order valence-corrected chi connectivity index (χ3v) is 1.25. The van der Waals surface area contributed by atoms with E-state index in [0.717, 1.165) is 5.56 Å². The minimum atomic E-state index is 0. The average Bonchev–Trinajstić information content (AvgIpc) is 2.07. The quantitative estimate of drug-likeness (QED) is 0.575. The van der Waals surface area contributed by atoms with E-state index in [9.17, 15) is 0 Å². The van der Waals surface area contributed by atoms with Crippen molar-refractivity contribution in [2.75, 3.05) is 0 Å². The fourth-order valence-electron chi connectivity index (χ4n) is 0.478.